The minimum absolute atomic E-state index is 0.139. The lowest BCUT2D eigenvalue weighted by atomic mass is 9.81. The quantitative estimate of drug-likeness (QED) is 0.792. The molecular weight excluding hydrogens is 232 g/mol. The van der Waals surface area contributed by atoms with E-state index in [0.29, 0.717) is 12.3 Å². The monoisotopic (exact) mass is 256 g/mol. The van der Waals surface area contributed by atoms with Crippen molar-refractivity contribution < 1.29 is 0 Å². The van der Waals surface area contributed by atoms with E-state index in [0.717, 1.165) is 19.4 Å². The number of anilines is 1. The molecule has 0 amide bonds. The fraction of sp³-hybridized carbons (Fsp3) is 0.588. The van der Waals surface area contributed by atoms with Gasteiger partial charge in [0, 0.05) is 24.2 Å². The van der Waals surface area contributed by atoms with Crippen molar-refractivity contribution in [3.63, 3.8) is 0 Å². The average molecular weight is 256 g/mol. The summed E-state index contributed by atoms with van der Waals surface area (Å²) in [4.78, 5) is 2.51. The maximum atomic E-state index is 8.88. The highest BCUT2D eigenvalue weighted by molar-refractivity contribution is 5.53. The molecule has 1 saturated heterocycles. The molecule has 1 aromatic rings. The van der Waals surface area contributed by atoms with E-state index in [2.05, 4.69) is 56.9 Å². The van der Waals surface area contributed by atoms with Crippen LogP contribution in [-0.4, -0.2) is 12.1 Å². The molecule has 0 bridgehead atoms. The second kappa shape index (κ2) is 5.25. The first kappa shape index (κ1) is 13.9. The predicted octanol–water partition coefficient (Wildman–Crippen LogP) is 4.21. The van der Waals surface area contributed by atoms with Crippen LogP contribution in [0.4, 0.5) is 5.69 Å². The highest BCUT2D eigenvalue weighted by Gasteiger charge is 2.34. The number of piperidine rings is 1. The van der Waals surface area contributed by atoms with E-state index in [1.165, 1.54) is 16.8 Å². The Morgan fingerprint density at radius 1 is 1.26 bits per heavy atom. The van der Waals surface area contributed by atoms with Crippen LogP contribution in [0.2, 0.25) is 0 Å². The summed E-state index contributed by atoms with van der Waals surface area (Å²) in [5, 5.41) is 8.88. The summed E-state index contributed by atoms with van der Waals surface area (Å²) in [6.45, 7) is 9.97. The molecule has 1 aliphatic rings. The minimum Gasteiger partial charge on any atom is -0.366 e. The van der Waals surface area contributed by atoms with Crippen LogP contribution < -0.4 is 4.90 Å². The van der Waals surface area contributed by atoms with E-state index in [1.807, 2.05) is 0 Å². The second-order valence-corrected chi connectivity index (χ2v) is 6.53. The normalized spacial score (nSPS) is 22.1. The highest BCUT2D eigenvalue weighted by Crippen LogP contribution is 2.37. The molecule has 0 aliphatic carbocycles. The molecule has 0 aromatic heterocycles. The van der Waals surface area contributed by atoms with Crippen molar-refractivity contribution in [1.29, 1.82) is 5.26 Å². The number of aryl methyl sites for hydroxylation is 2. The molecule has 0 saturated carbocycles. The van der Waals surface area contributed by atoms with E-state index < -0.39 is 0 Å². The van der Waals surface area contributed by atoms with Crippen LogP contribution in [0.1, 0.15) is 44.2 Å². The molecule has 0 radical (unpaired) electrons. The van der Waals surface area contributed by atoms with E-state index in [1.54, 1.807) is 0 Å². The highest BCUT2D eigenvalue weighted by atomic mass is 15.2. The fourth-order valence-electron chi connectivity index (χ4n) is 3.42. The zero-order valence-electron chi connectivity index (χ0n) is 12.5. The van der Waals surface area contributed by atoms with Crippen molar-refractivity contribution in [3.05, 3.63) is 29.3 Å². The first-order valence-corrected chi connectivity index (χ1v) is 7.15. The molecule has 2 rings (SSSR count). The van der Waals surface area contributed by atoms with E-state index >= 15 is 0 Å². The predicted molar refractivity (Wildman–Crippen MR) is 80.3 cm³/mol. The maximum absolute atomic E-state index is 8.88. The van der Waals surface area contributed by atoms with Gasteiger partial charge in [-0.1, -0.05) is 6.07 Å². The van der Waals surface area contributed by atoms with Crippen molar-refractivity contribution in [2.75, 3.05) is 11.4 Å². The van der Waals surface area contributed by atoms with Gasteiger partial charge in [0.15, 0.2) is 0 Å². The summed E-state index contributed by atoms with van der Waals surface area (Å²) in [5.74, 6) is 0.558. The third-order valence-electron chi connectivity index (χ3n) is 4.18. The zero-order valence-corrected chi connectivity index (χ0v) is 12.5. The Morgan fingerprint density at radius 3 is 2.42 bits per heavy atom. The first-order valence-electron chi connectivity index (χ1n) is 7.15. The molecule has 102 valence electrons. The van der Waals surface area contributed by atoms with Gasteiger partial charge in [-0.3, -0.25) is 0 Å². The molecule has 19 heavy (non-hydrogen) atoms. The summed E-state index contributed by atoms with van der Waals surface area (Å²) in [6, 6.07) is 9.10. The Bertz CT molecular complexity index is 476. The van der Waals surface area contributed by atoms with Gasteiger partial charge in [0.1, 0.15) is 0 Å². The van der Waals surface area contributed by atoms with Crippen molar-refractivity contribution in [1.82, 2.24) is 0 Å². The summed E-state index contributed by atoms with van der Waals surface area (Å²) in [6.07, 6.45) is 2.93. The summed E-state index contributed by atoms with van der Waals surface area (Å²) < 4.78 is 0. The third-order valence-corrected chi connectivity index (χ3v) is 4.18. The van der Waals surface area contributed by atoms with Gasteiger partial charge >= 0.3 is 0 Å². The van der Waals surface area contributed by atoms with Crippen LogP contribution in [0, 0.1) is 31.1 Å². The molecule has 1 aliphatic heterocycles. The molecule has 1 aromatic carbocycles. The molecule has 1 unspecified atom stereocenters. The van der Waals surface area contributed by atoms with Crippen molar-refractivity contribution in [3.8, 4) is 6.07 Å². The van der Waals surface area contributed by atoms with E-state index in [9.17, 15) is 0 Å². The number of nitrogens with zero attached hydrogens (tertiary/aromatic N) is 2. The van der Waals surface area contributed by atoms with Crippen LogP contribution in [-0.2, 0) is 0 Å². The molecule has 1 heterocycles. The lowest BCUT2D eigenvalue weighted by Crippen LogP contribution is -2.50. The first-order chi connectivity index (χ1) is 8.92. The topological polar surface area (TPSA) is 27.0 Å². The average Bonchev–Trinajstić information content (AvgIpc) is 2.26. The Kier molecular flexibility index (Phi) is 3.85. The van der Waals surface area contributed by atoms with Crippen LogP contribution in [0.5, 0.6) is 0 Å². The standard InChI is InChI=1S/C17H24N2/c1-13-9-14(2)11-16(10-13)19-8-6-15(5-7-18)12-17(19,3)4/h9-11,15H,5-6,8,12H2,1-4H3. The van der Waals surface area contributed by atoms with Crippen LogP contribution >= 0.6 is 0 Å². The summed E-state index contributed by atoms with van der Waals surface area (Å²) in [7, 11) is 0. The Hall–Kier alpha value is -1.49. The molecule has 2 nitrogen and oxygen atoms in total. The molecule has 1 fully saturated rings. The molecule has 0 spiro atoms. The van der Waals surface area contributed by atoms with Gasteiger partial charge in [-0.2, -0.15) is 5.26 Å². The largest absolute Gasteiger partial charge is 0.366 e. The van der Waals surface area contributed by atoms with Crippen LogP contribution in [0.15, 0.2) is 18.2 Å². The molecule has 2 heteroatoms. The summed E-state index contributed by atoms with van der Waals surface area (Å²) >= 11 is 0. The Labute approximate surface area is 117 Å². The third kappa shape index (κ3) is 3.10. The zero-order chi connectivity index (χ0) is 14.0. The minimum atomic E-state index is 0.139. The van der Waals surface area contributed by atoms with Crippen LogP contribution in [0.3, 0.4) is 0 Å². The Morgan fingerprint density at radius 2 is 1.89 bits per heavy atom. The van der Waals surface area contributed by atoms with Crippen molar-refractivity contribution in [2.24, 2.45) is 5.92 Å². The van der Waals surface area contributed by atoms with Crippen molar-refractivity contribution in [2.45, 2.75) is 52.5 Å². The number of benzene rings is 1. The van der Waals surface area contributed by atoms with Gasteiger partial charge in [-0.15, -0.1) is 0 Å². The van der Waals surface area contributed by atoms with Gasteiger partial charge in [0.25, 0.3) is 0 Å². The fourth-order valence-corrected chi connectivity index (χ4v) is 3.42. The number of nitriles is 1. The smallest absolute Gasteiger partial charge is 0.0624 e. The van der Waals surface area contributed by atoms with Gasteiger partial charge in [0.2, 0.25) is 0 Å². The van der Waals surface area contributed by atoms with Gasteiger partial charge in [-0.05, 0) is 69.7 Å². The molecule has 0 N–H and O–H groups in total. The number of hydrogen-bond acceptors (Lipinski definition) is 2. The van der Waals surface area contributed by atoms with Gasteiger partial charge in [0.05, 0.1) is 6.07 Å². The van der Waals surface area contributed by atoms with Crippen LogP contribution in [0.25, 0.3) is 0 Å². The number of hydrogen-bond donors (Lipinski definition) is 0. The van der Waals surface area contributed by atoms with E-state index in [-0.39, 0.29) is 5.54 Å². The SMILES string of the molecule is Cc1cc(C)cc(N2CCC(CC#N)CC2(C)C)c1. The Balaban J connectivity index is 2.23. The van der Waals surface area contributed by atoms with E-state index in [4.69, 9.17) is 5.26 Å². The number of rotatable bonds is 2. The molecular formula is C17H24N2. The maximum Gasteiger partial charge on any atom is 0.0624 e. The van der Waals surface area contributed by atoms with Gasteiger partial charge in [-0.25, -0.2) is 0 Å². The van der Waals surface area contributed by atoms with Gasteiger partial charge < -0.3 is 4.90 Å². The second-order valence-electron chi connectivity index (χ2n) is 6.53. The van der Waals surface area contributed by atoms with Crippen molar-refractivity contribution >= 4 is 5.69 Å². The lowest BCUT2D eigenvalue weighted by molar-refractivity contribution is 0.277. The lowest BCUT2D eigenvalue weighted by Gasteiger charge is -2.47. The molecule has 1 atom stereocenters. The summed E-state index contributed by atoms with van der Waals surface area (Å²) in [5.41, 5.74) is 4.12.